The fourth-order valence-corrected chi connectivity index (χ4v) is 4.22. The second-order valence-electron chi connectivity index (χ2n) is 7.15. The zero-order valence-corrected chi connectivity index (χ0v) is 17.8. The molecule has 3 aromatic rings. The molecule has 0 atom stereocenters. The van der Waals surface area contributed by atoms with Gasteiger partial charge in [0.1, 0.15) is 10.8 Å². The van der Waals surface area contributed by atoms with Crippen molar-refractivity contribution >= 4 is 22.9 Å². The topological polar surface area (TPSA) is 63.7 Å². The van der Waals surface area contributed by atoms with Crippen molar-refractivity contribution in [3.05, 3.63) is 65.2 Å². The summed E-state index contributed by atoms with van der Waals surface area (Å²) >= 11 is 1.56. The first kappa shape index (κ1) is 20.5. The van der Waals surface area contributed by atoms with E-state index in [9.17, 15) is 4.79 Å². The van der Waals surface area contributed by atoms with Crippen LogP contribution in [-0.2, 0) is 22.5 Å². The van der Waals surface area contributed by atoms with Crippen molar-refractivity contribution in [1.82, 2.24) is 9.88 Å². The molecule has 1 N–H and O–H groups in total. The van der Waals surface area contributed by atoms with E-state index >= 15 is 0 Å². The Balaban J connectivity index is 1.35. The third-order valence-corrected chi connectivity index (χ3v) is 5.93. The van der Waals surface area contributed by atoms with E-state index in [1.54, 1.807) is 18.4 Å². The largest absolute Gasteiger partial charge is 0.495 e. The number of benzene rings is 2. The van der Waals surface area contributed by atoms with Gasteiger partial charge in [0.05, 0.1) is 38.1 Å². The van der Waals surface area contributed by atoms with Crippen molar-refractivity contribution in [2.75, 3.05) is 38.7 Å². The lowest BCUT2D eigenvalue weighted by molar-refractivity contribution is -0.115. The molecule has 30 heavy (non-hydrogen) atoms. The van der Waals surface area contributed by atoms with Gasteiger partial charge in [0.25, 0.3) is 0 Å². The quantitative estimate of drug-likeness (QED) is 0.626. The number of rotatable bonds is 7. The van der Waals surface area contributed by atoms with E-state index in [1.165, 1.54) is 5.56 Å². The minimum Gasteiger partial charge on any atom is -0.495 e. The fourth-order valence-electron chi connectivity index (χ4n) is 3.40. The van der Waals surface area contributed by atoms with Crippen LogP contribution < -0.4 is 10.1 Å². The van der Waals surface area contributed by atoms with Gasteiger partial charge in [0.15, 0.2) is 0 Å². The summed E-state index contributed by atoms with van der Waals surface area (Å²) in [4.78, 5) is 19.5. The predicted octanol–water partition coefficient (Wildman–Crippen LogP) is 3.83. The average Bonchev–Trinajstić information content (AvgIpc) is 3.23. The highest BCUT2D eigenvalue weighted by Crippen LogP contribution is 2.26. The number of methoxy groups -OCH3 is 1. The van der Waals surface area contributed by atoms with Crippen LogP contribution in [0.25, 0.3) is 10.6 Å². The van der Waals surface area contributed by atoms with Gasteiger partial charge >= 0.3 is 0 Å². The summed E-state index contributed by atoms with van der Waals surface area (Å²) in [5.41, 5.74) is 3.78. The standard InChI is InChI=1S/C23H25N3O3S/c1-28-21-5-3-2-4-20(21)25-22(27)14-19-16-30-23(24-19)18-8-6-17(7-9-18)15-26-10-12-29-13-11-26/h2-9,16H,10-15H2,1H3,(H,25,27). The van der Waals surface area contributed by atoms with Crippen LogP contribution >= 0.6 is 11.3 Å². The van der Waals surface area contributed by atoms with E-state index in [0.717, 1.165) is 49.1 Å². The predicted molar refractivity (Wildman–Crippen MR) is 119 cm³/mol. The molecule has 2 heterocycles. The molecule has 2 aromatic carbocycles. The number of para-hydroxylation sites is 2. The Labute approximate surface area is 180 Å². The van der Waals surface area contributed by atoms with Gasteiger partial charge in [-0.15, -0.1) is 11.3 Å². The number of amides is 1. The van der Waals surface area contributed by atoms with Crippen LogP contribution in [-0.4, -0.2) is 49.2 Å². The van der Waals surface area contributed by atoms with Gasteiger partial charge in [-0.2, -0.15) is 0 Å². The number of thiazole rings is 1. The lowest BCUT2D eigenvalue weighted by atomic mass is 10.1. The van der Waals surface area contributed by atoms with Crippen LogP contribution in [0.2, 0.25) is 0 Å². The monoisotopic (exact) mass is 423 g/mol. The third kappa shape index (κ3) is 5.24. The molecule has 6 nitrogen and oxygen atoms in total. The summed E-state index contributed by atoms with van der Waals surface area (Å²) in [7, 11) is 1.59. The number of hydrogen-bond donors (Lipinski definition) is 1. The molecule has 0 saturated carbocycles. The molecule has 1 fully saturated rings. The number of hydrogen-bond acceptors (Lipinski definition) is 6. The first-order valence-electron chi connectivity index (χ1n) is 9.98. The van der Waals surface area contributed by atoms with Gasteiger partial charge in [0, 0.05) is 30.6 Å². The van der Waals surface area contributed by atoms with Crippen molar-refractivity contribution in [3.63, 3.8) is 0 Å². The molecule has 1 amide bonds. The normalized spacial score (nSPS) is 14.4. The number of carbonyl (C=O) groups excluding carboxylic acids is 1. The molecule has 0 bridgehead atoms. The number of anilines is 1. The summed E-state index contributed by atoms with van der Waals surface area (Å²) in [6, 6.07) is 15.9. The van der Waals surface area contributed by atoms with Crippen molar-refractivity contribution in [2.24, 2.45) is 0 Å². The molecule has 1 aromatic heterocycles. The zero-order chi connectivity index (χ0) is 20.8. The number of morpholine rings is 1. The molecule has 7 heteroatoms. The maximum atomic E-state index is 12.4. The van der Waals surface area contributed by atoms with Crippen LogP contribution in [0.1, 0.15) is 11.3 Å². The van der Waals surface area contributed by atoms with Gasteiger partial charge < -0.3 is 14.8 Å². The number of nitrogens with zero attached hydrogens (tertiary/aromatic N) is 2. The molecular formula is C23H25N3O3S. The molecule has 1 aliphatic rings. The van der Waals surface area contributed by atoms with Gasteiger partial charge in [-0.1, -0.05) is 36.4 Å². The highest BCUT2D eigenvalue weighted by atomic mass is 32.1. The van der Waals surface area contributed by atoms with Crippen molar-refractivity contribution in [3.8, 4) is 16.3 Å². The van der Waals surface area contributed by atoms with Crippen LogP contribution in [0, 0.1) is 0 Å². The van der Waals surface area contributed by atoms with Gasteiger partial charge in [-0.3, -0.25) is 9.69 Å². The lowest BCUT2D eigenvalue weighted by Gasteiger charge is -2.26. The van der Waals surface area contributed by atoms with Gasteiger partial charge in [-0.25, -0.2) is 4.98 Å². The van der Waals surface area contributed by atoms with Gasteiger partial charge in [0.2, 0.25) is 5.91 Å². The molecule has 0 radical (unpaired) electrons. The highest BCUT2D eigenvalue weighted by molar-refractivity contribution is 7.13. The number of carbonyl (C=O) groups is 1. The zero-order valence-electron chi connectivity index (χ0n) is 17.0. The summed E-state index contributed by atoms with van der Waals surface area (Å²) in [5.74, 6) is 0.527. The Kier molecular flexibility index (Phi) is 6.74. The smallest absolute Gasteiger partial charge is 0.230 e. The molecule has 0 spiro atoms. The van der Waals surface area contributed by atoms with E-state index in [0.29, 0.717) is 11.4 Å². The first-order valence-corrected chi connectivity index (χ1v) is 10.9. The Hall–Kier alpha value is -2.74. The minimum atomic E-state index is -0.114. The van der Waals surface area contributed by atoms with E-state index in [4.69, 9.17) is 9.47 Å². The molecule has 1 aliphatic heterocycles. The number of aromatic nitrogens is 1. The second kappa shape index (κ2) is 9.84. The maximum absolute atomic E-state index is 12.4. The Morgan fingerprint density at radius 3 is 2.70 bits per heavy atom. The summed E-state index contributed by atoms with van der Waals surface area (Å²) in [5, 5.41) is 5.76. The molecular weight excluding hydrogens is 398 g/mol. The van der Waals surface area contributed by atoms with Crippen LogP contribution in [0.3, 0.4) is 0 Å². The van der Waals surface area contributed by atoms with E-state index < -0.39 is 0 Å². The molecule has 156 valence electrons. The highest BCUT2D eigenvalue weighted by Gasteiger charge is 2.13. The lowest BCUT2D eigenvalue weighted by Crippen LogP contribution is -2.35. The van der Waals surface area contributed by atoms with Crippen LogP contribution in [0.15, 0.2) is 53.9 Å². The van der Waals surface area contributed by atoms with Crippen LogP contribution in [0.4, 0.5) is 5.69 Å². The third-order valence-electron chi connectivity index (χ3n) is 4.99. The summed E-state index contributed by atoms with van der Waals surface area (Å²) < 4.78 is 10.7. The molecule has 1 saturated heterocycles. The minimum absolute atomic E-state index is 0.114. The van der Waals surface area contributed by atoms with Gasteiger partial charge in [-0.05, 0) is 17.7 Å². The van der Waals surface area contributed by atoms with E-state index in [1.807, 2.05) is 29.6 Å². The fraction of sp³-hybridized carbons (Fsp3) is 0.304. The summed E-state index contributed by atoms with van der Waals surface area (Å²) in [6.45, 7) is 4.52. The SMILES string of the molecule is COc1ccccc1NC(=O)Cc1csc(-c2ccc(CN3CCOCC3)cc2)n1. The Morgan fingerprint density at radius 2 is 1.93 bits per heavy atom. The molecule has 0 aliphatic carbocycles. The molecule has 0 unspecified atom stereocenters. The average molecular weight is 424 g/mol. The Morgan fingerprint density at radius 1 is 1.17 bits per heavy atom. The van der Waals surface area contributed by atoms with Crippen LogP contribution in [0.5, 0.6) is 5.75 Å². The maximum Gasteiger partial charge on any atom is 0.230 e. The number of ether oxygens (including phenoxy) is 2. The first-order chi connectivity index (χ1) is 14.7. The summed E-state index contributed by atoms with van der Waals surface area (Å²) in [6.07, 6.45) is 0.226. The van der Waals surface area contributed by atoms with E-state index in [-0.39, 0.29) is 12.3 Å². The Bertz CT molecular complexity index is 981. The number of nitrogens with one attached hydrogen (secondary N) is 1. The second-order valence-corrected chi connectivity index (χ2v) is 8.01. The van der Waals surface area contributed by atoms with Crippen molar-refractivity contribution in [1.29, 1.82) is 0 Å². The molecule has 4 rings (SSSR count). The van der Waals surface area contributed by atoms with Crippen molar-refractivity contribution in [2.45, 2.75) is 13.0 Å². The van der Waals surface area contributed by atoms with E-state index in [2.05, 4.69) is 39.5 Å². The van der Waals surface area contributed by atoms with Crippen molar-refractivity contribution < 1.29 is 14.3 Å².